The van der Waals surface area contributed by atoms with Gasteiger partial charge in [-0.3, -0.25) is 9.59 Å². The van der Waals surface area contributed by atoms with Crippen molar-refractivity contribution in [3.63, 3.8) is 0 Å². The van der Waals surface area contributed by atoms with E-state index in [1.54, 1.807) is 4.90 Å². The summed E-state index contributed by atoms with van der Waals surface area (Å²) in [4.78, 5) is 26.7. The fourth-order valence-corrected chi connectivity index (χ4v) is 3.32. The van der Waals surface area contributed by atoms with E-state index < -0.39 is 5.92 Å². The zero-order valence-electron chi connectivity index (χ0n) is 14.9. The molecule has 26 heavy (non-hydrogen) atoms. The lowest BCUT2D eigenvalue weighted by Crippen LogP contribution is -2.37. The summed E-state index contributed by atoms with van der Waals surface area (Å²) in [7, 11) is 0. The minimum Gasteiger partial charge on any atom is -0.355 e. The molecule has 5 heteroatoms. The molecule has 0 spiro atoms. The first-order valence-electron chi connectivity index (χ1n) is 9.01. The number of nitrogens with zero attached hydrogens (tertiary/aromatic N) is 1. The van der Waals surface area contributed by atoms with Crippen LogP contribution in [0.3, 0.4) is 0 Å². The average Bonchev–Trinajstić information content (AvgIpc) is 3.05. The third-order valence-corrected chi connectivity index (χ3v) is 5.06. The number of carbonyl (C=O) groups excluding carboxylic acids is 2. The van der Waals surface area contributed by atoms with Crippen LogP contribution in [0.5, 0.6) is 0 Å². The van der Waals surface area contributed by atoms with Crippen LogP contribution in [0.15, 0.2) is 48.5 Å². The Kier molecular flexibility index (Phi) is 5.94. The fraction of sp³-hybridized carbons (Fsp3) is 0.333. The van der Waals surface area contributed by atoms with E-state index in [4.69, 9.17) is 11.6 Å². The van der Waals surface area contributed by atoms with Crippen LogP contribution in [-0.4, -0.2) is 24.9 Å². The molecule has 1 fully saturated rings. The Morgan fingerprint density at radius 2 is 1.77 bits per heavy atom. The Morgan fingerprint density at radius 1 is 1.12 bits per heavy atom. The van der Waals surface area contributed by atoms with Crippen LogP contribution in [0, 0.1) is 5.92 Å². The summed E-state index contributed by atoms with van der Waals surface area (Å²) in [6, 6.07) is 15.5. The fourth-order valence-electron chi connectivity index (χ4n) is 3.20. The molecule has 0 aromatic heterocycles. The van der Waals surface area contributed by atoms with Crippen LogP contribution >= 0.6 is 11.6 Å². The smallest absolute Gasteiger partial charge is 0.239 e. The first kappa shape index (κ1) is 18.5. The van der Waals surface area contributed by atoms with E-state index in [0.717, 1.165) is 17.7 Å². The van der Waals surface area contributed by atoms with E-state index in [1.165, 1.54) is 5.56 Å². The van der Waals surface area contributed by atoms with Gasteiger partial charge in [0.2, 0.25) is 11.8 Å². The molecule has 2 aromatic carbocycles. The topological polar surface area (TPSA) is 49.4 Å². The monoisotopic (exact) mass is 370 g/mol. The number of aryl methyl sites for hydroxylation is 1. The highest BCUT2D eigenvalue weighted by atomic mass is 35.5. The lowest BCUT2D eigenvalue weighted by atomic mass is 10.1. The van der Waals surface area contributed by atoms with Gasteiger partial charge in [-0.1, -0.05) is 42.8 Å². The standard InChI is InChI=1S/C21H23ClN2O2/c1-2-15-5-9-18(10-6-15)24-14-12-19(21(24)26)20(25)23-13-11-16-3-7-17(22)8-4-16/h3-10,19H,2,11-14H2,1H3,(H,23,25)/t19-/m0/s1. The van der Waals surface area contributed by atoms with E-state index in [0.29, 0.717) is 31.0 Å². The third kappa shape index (κ3) is 4.25. The summed E-state index contributed by atoms with van der Waals surface area (Å²) in [5.74, 6) is -0.888. The van der Waals surface area contributed by atoms with Crippen molar-refractivity contribution in [2.75, 3.05) is 18.0 Å². The summed E-state index contributed by atoms with van der Waals surface area (Å²) in [6.07, 6.45) is 2.24. The van der Waals surface area contributed by atoms with E-state index >= 15 is 0 Å². The molecule has 1 N–H and O–H groups in total. The number of halogens is 1. The molecule has 1 heterocycles. The zero-order chi connectivity index (χ0) is 18.5. The second-order valence-electron chi connectivity index (χ2n) is 6.52. The van der Waals surface area contributed by atoms with Gasteiger partial charge in [0, 0.05) is 23.8 Å². The normalized spacial score (nSPS) is 16.8. The van der Waals surface area contributed by atoms with Gasteiger partial charge in [-0.05, 0) is 54.7 Å². The molecule has 0 radical (unpaired) electrons. The molecule has 0 aliphatic carbocycles. The van der Waals surface area contributed by atoms with Crippen molar-refractivity contribution in [3.05, 3.63) is 64.7 Å². The van der Waals surface area contributed by atoms with Crippen molar-refractivity contribution in [2.45, 2.75) is 26.2 Å². The number of amides is 2. The molecule has 1 saturated heterocycles. The number of rotatable bonds is 6. The van der Waals surface area contributed by atoms with E-state index in [1.807, 2.05) is 48.5 Å². The molecular formula is C21H23ClN2O2. The molecule has 2 amide bonds. The van der Waals surface area contributed by atoms with Gasteiger partial charge in [0.1, 0.15) is 5.92 Å². The molecule has 4 nitrogen and oxygen atoms in total. The largest absolute Gasteiger partial charge is 0.355 e. The van der Waals surface area contributed by atoms with Crippen LogP contribution < -0.4 is 10.2 Å². The number of anilines is 1. The quantitative estimate of drug-likeness (QED) is 0.789. The summed E-state index contributed by atoms with van der Waals surface area (Å²) < 4.78 is 0. The van der Waals surface area contributed by atoms with Crippen molar-refractivity contribution in [2.24, 2.45) is 5.92 Å². The lowest BCUT2D eigenvalue weighted by Gasteiger charge is -2.17. The van der Waals surface area contributed by atoms with Crippen molar-refractivity contribution < 1.29 is 9.59 Å². The molecule has 1 aliphatic rings. The van der Waals surface area contributed by atoms with E-state index in [-0.39, 0.29) is 11.8 Å². The maximum atomic E-state index is 12.6. The van der Waals surface area contributed by atoms with Crippen LogP contribution in [0.4, 0.5) is 5.69 Å². The van der Waals surface area contributed by atoms with Crippen molar-refractivity contribution in [3.8, 4) is 0 Å². The minimum atomic E-state index is -0.592. The molecule has 136 valence electrons. The molecule has 3 rings (SSSR count). The second-order valence-corrected chi connectivity index (χ2v) is 6.96. The van der Waals surface area contributed by atoms with Gasteiger partial charge < -0.3 is 10.2 Å². The number of benzene rings is 2. The predicted octanol–water partition coefficient (Wildman–Crippen LogP) is 3.61. The summed E-state index contributed by atoms with van der Waals surface area (Å²) in [6.45, 7) is 3.19. The van der Waals surface area contributed by atoms with Gasteiger partial charge in [-0.15, -0.1) is 0 Å². The summed E-state index contributed by atoms with van der Waals surface area (Å²) in [5, 5.41) is 3.58. The van der Waals surface area contributed by atoms with Crippen LogP contribution in [-0.2, 0) is 22.4 Å². The molecule has 0 bridgehead atoms. The Hall–Kier alpha value is -2.33. The number of carbonyl (C=O) groups is 2. The Morgan fingerprint density at radius 3 is 2.42 bits per heavy atom. The summed E-state index contributed by atoms with van der Waals surface area (Å²) >= 11 is 5.87. The number of hydrogen-bond acceptors (Lipinski definition) is 2. The average molecular weight is 371 g/mol. The third-order valence-electron chi connectivity index (χ3n) is 4.80. The van der Waals surface area contributed by atoms with Crippen LogP contribution in [0.2, 0.25) is 5.02 Å². The SMILES string of the molecule is CCc1ccc(N2CC[C@@H](C(=O)NCCc3ccc(Cl)cc3)C2=O)cc1. The first-order valence-corrected chi connectivity index (χ1v) is 9.38. The molecule has 0 saturated carbocycles. The van der Waals surface area contributed by atoms with Crippen molar-refractivity contribution in [1.29, 1.82) is 0 Å². The number of nitrogens with one attached hydrogen (secondary N) is 1. The maximum Gasteiger partial charge on any atom is 0.239 e. The van der Waals surface area contributed by atoms with Crippen LogP contribution in [0.1, 0.15) is 24.5 Å². The minimum absolute atomic E-state index is 0.113. The highest BCUT2D eigenvalue weighted by Gasteiger charge is 2.37. The van der Waals surface area contributed by atoms with Gasteiger partial charge in [0.15, 0.2) is 0 Å². The summed E-state index contributed by atoms with van der Waals surface area (Å²) in [5.41, 5.74) is 3.20. The maximum absolute atomic E-state index is 12.6. The molecular weight excluding hydrogens is 348 g/mol. The van der Waals surface area contributed by atoms with E-state index in [9.17, 15) is 9.59 Å². The zero-order valence-corrected chi connectivity index (χ0v) is 15.6. The van der Waals surface area contributed by atoms with Gasteiger partial charge >= 0.3 is 0 Å². The van der Waals surface area contributed by atoms with Gasteiger partial charge in [-0.2, -0.15) is 0 Å². The molecule has 2 aromatic rings. The van der Waals surface area contributed by atoms with Crippen molar-refractivity contribution in [1.82, 2.24) is 5.32 Å². The van der Waals surface area contributed by atoms with E-state index in [2.05, 4.69) is 12.2 Å². The highest BCUT2D eigenvalue weighted by Crippen LogP contribution is 2.25. The highest BCUT2D eigenvalue weighted by molar-refractivity contribution is 6.30. The number of hydrogen-bond donors (Lipinski definition) is 1. The second kappa shape index (κ2) is 8.37. The Labute approximate surface area is 159 Å². The van der Waals surface area contributed by atoms with Gasteiger partial charge in [0.25, 0.3) is 0 Å². The lowest BCUT2D eigenvalue weighted by molar-refractivity contribution is -0.132. The Balaban J connectivity index is 1.53. The molecule has 1 atom stereocenters. The van der Waals surface area contributed by atoms with Crippen LogP contribution in [0.25, 0.3) is 0 Å². The Bertz CT molecular complexity index is 772. The van der Waals surface area contributed by atoms with Crippen molar-refractivity contribution >= 4 is 29.1 Å². The van der Waals surface area contributed by atoms with Gasteiger partial charge in [-0.25, -0.2) is 0 Å². The molecule has 0 unspecified atom stereocenters. The first-order chi connectivity index (χ1) is 12.6. The molecule has 1 aliphatic heterocycles. The van der Waals surface area contributed by atoms with Gasteiger partial charge in [0.05, 0.1) is 0 Å². The predicted molar refractivity (Wildman–Crippen MR) is 104 cm³/mol.